The molecule has 0 bridgehead atoms. The van der Waals surface area contributed by atoms with Gasteiger partial charge in [-0.3, -0.25) is 9.89 Å². The highest BCUT2D eigenvalue weighted by Crippen LogP contribution is 2.27. The maximum atomic E-state index is 12.3. The van der Waals surface area contributed by atoms with Crippen LogP contribution in [0.5, 0.6) is 0 Å². The van der Waals surface area contributed by atoms with Gasteiger partial charge in [-0.1, -0.05) is 19.3 Å². The fourth-order valence-corrected chi connectivity index (χ4v) is 3.17. The molecule has 1 saturated carbocycles. The summed E-state index contributed by atoms with van der Waals surface area (Å²) in [6.07, 6.45) is 7.08. The number of hydrogen-bond donors (Lipinski definition) is 1. The molecule has 1 aromatic heterocycles. The van der Waals surface area contributed by atoms with E-state index in [0.29, 0.717) is 6.04 Å². The number of rotatable bonds is 1. The normalized spacial score (nSPS) is 22.6. The van der Waals surface area contributed by atoms with Gasteiger partial charge in [0.15, 0.2) is 0 Å². The van der Waals surface area contributed by atoms with E-state index < -0.39 is 0 Å². The molecule has 2 aliphatic rings. The summed E-state index contributed by atoms with van der Waals surface area (Å²) in [5.41, 5.74) is 2.43. The molecule has 0 radical (unpaired) electrons. The second-order valence-electron chi connectivity index (χ2n) is 5.52. The molecule has 1 N–H and O–H groups in total. The van der Waals surface area contributed by atoms with E-state index in [9.17, 15) is 4.79 Å². The molecule has 4 nitrogen and oxygen atoms in total. The van der Waals surface area contributed by atoms with Crippen molar-refractivity contribution in [2.24, 2.45) is 0 Å². The first-order valence-electron chi connectivity index (χ1n) is 6.76. The summed E-state index contributed by atoms with van der Waals surface area (Å²) in [5.74, 6) is 0. The van der Waals surface area contributed by atoms with Crippen molar-refractivity contribution in [1.29, 1.82) is 0 Å². The van der Waals surface area contributed by atoms with Gasteiger partial charge in [0, 0.05) is 18.7 Å². The molecule has 0 amide bonds. The van der Waals surface area contributed by atoms with Gasteiger partial charge < -0.3 is 4.90 Å². The molecular weight excluding hydrogens is 214 g/mol. The topological polar surface area (TPSA) is 41.0 Å². The van der Waals surface area contributed by atoms with Crippen LogP contribution in [0.3, 0.4) is 0 Å². The third-order valence-corrected chi connectivity index (χ3v) is 4.21. The Hall–Kier alpha value is -1.03. The van der Waals surface area contributed by atoms with Crippen molar-refractivity contribution in [3.8, 4) is 0 Å². The summed E-state index contributed by atoms with van der Waals surface area (Å²) in [4.78, 5) is 14.6. The predicted molar refractivity (Wildman–Crippen MR) is 67.2 cm³/mol. The third kappa shape index (κ3) is 1.95. The van der Waals surface area contributed by atoms with Crippen molar-refractivity contribution in [2.45, 2.75) is 51.1 Å². The Kier molecular flexibility index (Phi) is 2.82. The number of aromatic amines is 1. The van der Waals surface area contributed by atoms with Crippen LogP contribution in [0.1, 0.15) is 49.4 Å². The first-order valence-corrected chi connectivity index (χ1v) is 6.76. The molecule has 17 heavy (non-hydrogen) atoms. The van der Waals surface area contributed by atoms with Gasteiger partial charge in [0.1, 0.15) is 0 Å². The van der Waals surface area contributed by atoms with Crippen molar-refractivity contribution in [3.63, 3.8) is 0 Å². The number of nitrogens with zero attached hydrogens (tertiary/aromatic N) is 2. The van der Waals surface area contributed by atoms with Crippen LogP contribution in [0.2, 0.25) is 0 Å². The van der Waals surface area contributed by atoms with E-state index in [-0.39, 0.29) is 5.56 Å². The highest BCUT2D eigenvalue weighted by Gasteiger charge is 2.24. The van der Waals surface area contributed by atoms with Gasteiger partial charge >= 0.3 is 0 Å². The smallest absolute Gasteiger partial charge is 0.270 e. The van der Waals surface area contributed by atoms with E-state index in [4.69, 9.17) is 0 Å². The van der Waals surface area contributed by atoms with Crippen LogP contribution in [0.4, 0.5) is 0 Å². The van der Waals surface area contributed by atoms with Crippen LogP contribution in [0.15, 0.2) is 4.79 Å². The fraction of sp³-hybridized carbons (Fsp3) is 0.769. The molecule has 0 spiro atoms. The molecule has 1 fully saturated rings. The summed E-state index contributed by atoms with van der Waals surface area (Å²) in [6.45, 7) is 1.90. The van der Waals surface area contributed by atoms with E-state index in [2.05, 4.69) is 17.0 Å². The van der Waals surface area contributed by atoms with Crippen LogP contribution in [0, 0.1) is 0 Å². The van der Waals surface area contributed by atoms with E-state index in [1.165, 1.54) is 19.3 Å². The summed E-state index contributed by atoms with van der Waals surface area (Å²) < 4.78 is 1.92. The number of hydrogen-bond acceptors (Lipinski definition) is 2. The average Bonchev–Trinajstić information content (AvgIpc) is 2.67. The van der Waals surface area contributed by atoms with Crippen molar-refractivity contribution in [3.05, 3.63) is 21.6 Å². The molecule has 1 aliphatic heterocycles. The lowest BCUT2D eigenvalue weighted by Gasteiger charge is -2.22. The highest BCUT2D eigenvalue weighted by atomic mass is 16.1. The van der Waals surface area contributed by atoms with Gasteiger partial charge in [-0.05, 0) is 26.3 Å². The third-order valence-electron chi connectivity index (χ3n) is 4.21. The molecule has 4 heteroatoms. The molecule has 3 rings (SSSR count). The molecule has 0 aromatic carbocycles. The van der Waals surface area contributed by atoms with Gasteiger partial charge in [0.2, 0.25) is 0 Å². The van der Waals surface area contributed by atoms with Gasteiger partial charge in [-0.2, -0.15) is 0 Å². The number of fused-ring (bicyclic) bond motifs is 1. The molecule has 1 aromatic rings. The molecule has 0 atom stereocenters. The van der Waals surface area contributed by atoms with E-state index in [1.54, 1.807) is 0 Å². The van der Waals surface area contributed by atoms with Crippen molar-refractivity contribution in [1.82, 2.24) is 14.7 Å². The minimum absolute atomic E-state index is 0.250. The second kappa shape index (κ2) is 4.33. The Balaban J connectivity index is 1.93. The van der Waals surface area contributed by atoms with E-state index >= 15 is 0 Å². The lowest BCUT2D eigenvalue weighted by atomic mass is 9.96. The molecular formula is C13H21N3O. The zero-order chi connectivity index (χ0) is 11.8. The van der Waals surface area contributed by atoms with E-state index in [0.717, 1.165) is 43.6 Å². The largest absolute Gasteiger partial charge is 0.300 e. The lowest BCUT2D eigenvalue weighted by molar-refractivity contribution is 0.301. The standard InChI is InChI=1S/C13H21N3O/c1-15-8-7-11-12(9-15)14-16(13(11)17)10-5-3-2-4-6-10/h10,14H,2-9H2,1H3. The van der Waals surface area contributed by atoms with Crippen LogP contribution in [-0.4, -0.2) is 28.3 Å². The zero-order valence-electron chi connectivity index (χ0n) is 10.5. The van der Waals surface area contributed by atoms with E-state index in [1.807, 2.05) is 4.68 Å². The van der Waals surface area contributed by atoms with Gasteiger partial charge in [0.05, 0.1) is 11.7 Å². The maximum absolute atomic E-state index is 12.3. The highest BCUT2D eigenvalue weighted by molar-refractivity contribution is 5.20. The summed E-state index contributed by atoms with van der Waals surface area (Å²) in [7, 11) is 2.11. The van der Waals surface area contributed by atoms with Crippen molar-refractivity contribution < 1.29 is 0 Å². The Morgan fingerprint density at radius 2 is 2.00 bits per heavy atom. The fourth-order valence-electron chi connectivity index (χ4n) is 3.17. The quantitative estimate of drug-likeness (QED) is 0.804. The van der Waals surface area contributed by atoms with Gasteiger partial charge in [-0.15, -0.1) is 0 Å². The summed E-state index contributed by atoms with van der Waals surface area (Å²) in [5, 5.41) is 3.36. The van der Waals surface area contributed by atoms with Gasteiger partial charge in [0.25, 0.3) is 5.56 Å². The minimum Gasteiger partial charge on any atom is -0.300 e. The predicted octanol–water partition coefficient (Wildman–Crippen LogP) is 1.67. The minimum atomic E-state index is 0.250. The van der Waals surface area contributed by atoms with Crippen molar-refractivity contribution >= 4 is 0 Å². The second-order valence-corrected chi connectivity index (χ2v) is 5.52. The first kappa shape index (κ1) is 11.1. The molecule has 94 valence electrons. The Bertz CT molecular complexity index is 454. The maximum Gasteiger partial charge on any atom is 0.270 e. The lowest BCUT2D eigenvalue weighted by Crippen LogP contribution is -2.29. The van der Waals surface area contributed by atoms with Crippen LogP contribution >= 0.6 is 0 Å². The Morgan fingerprint density at radius 1 is 1.24 bits per heavy atom. The number of likely N-dealkylation sites (N-methyl/N-ethyl adjacent to an activating group) is 1. The number of H-pyrrole nitrogens is 1. The average molecular weight is 235 g/mol. The van der Waals surface area contributed by atoms with Crippen LogP contribution < -0.4 is 5.56 Å². The Labute approximate surface area is 102 Å². The molecule has 1 aliphatic carbocycles. The summed E-state index contributed by atoms with van der Waals surface area (Å²) in [6, 6.07) is 0.423. The van der Waals surface area contributed by atoms with Crippen LogP contribution in [0.25, 0.3) is 0 Å². The Morgan fingerprint density at radius 3 is 2.76 bits per heavy atom. The van der Waals surface area contributed by atoms with Gasteiger partial charge in [-0.25, -0.2) is 4.68 Å². The SMILES string of the molecule is CN1CCc2c([nH]n(C3CCCCC3)c2=O)C1. The monoisotopic (exact) mass is 235 g/mol. The molecule has 0 unspecified atom stereocenters. The van der Waals surface area contributed by atoms with Crippen LogP contribution in [-0.2, 0) is 13.0 Å². The zero-order valence-corrected chi connectivity index (χ0v) is 10.5. The first-order chi connectivity index (χ1) is 8.25. The number of aromatic nitrogens is 2. The molecule has 0 saturated heterocycles. The van der Waals surface area contributed by atoms with Crippen molar-refractivity contribution in [2.75, 3.05) is 13.6 Å². The molecule has 2 heterocycles. The number of nitrogens with one attached hydrogen (secondary N) is 1. The summed E-state index contributed by atoms with van der Waals surface area (Å²) >= 11 is 0.